The second-order valence-electron chi connectivity index (χ2n) is 5.81. The van der Waals surface area contributed by atoms with Gasteiger partial charge in [-0.1, -0.05) is 36.4 Å². The van der Waals surface area contributed by atoms with Crippen molar-refractivity contribution in [3.63, 3.8) is 0 Å². The van der Waals surface area contributed by atoms with Crippen LogP contribution in [0.1, 0.15) is 38.8 Å². The Labute approximate surface area is 145 Å². The first-order chi connectivity index (χ1) is 12.0. The van der Waals surface area contributed by atoms with Gasteiger partial charge in [0.05, 0.1) is 5.56 Å². The van der Waals surface area contributed by atoms with Crippen molar-refractivity contribution in [3.05, 3.63) is 64.7 Å². The monoisotopic (exact) mass is 338 g/mol. The topological polar surface area (TPSA) is 98.5 Å². The number of nitrogens with two attached hydrogens (primary N) is 1. The molecule has 0 fully saturated rings. The van der Waals surface area contributed by atoms with Crippen molar-refractivity contribution in [1.82, 2.24) is 0 Å². The van der Waals surface area contributed by atoms with Crippen molar-refractivity contribution in [2.24, 2.45) is 5.73 Å². The molecule has 0 aromatic heterocycles. The number of fused-ring (bicyclic) bond motifs is 2. The Morgan fingerprint density at radius 2 is 1.68 bits per heavy atom. The van der Waals surface area contributed by atoms with Gasteiger partial charge in [0.1, 0.15) is 12.6 Å². The van der Waals surface area contributed by atoms with Crippen molar-refractivity contribution in [1.29, 1.82) is 0 Å². The maximum absolute atomic E-state index is 12.8. The van der Waals surface area contributed by atoms with Crippen molar-refractivity contribution < 1.29 is 19.1 Å². The number of anilines is 1. The molecule has 0 saturated heterocycles. The minimum absolute atomic E-state index is 0.114. The van der Waals surface area contributed by atoms with Crippen LogP contribution in [0.2, 0.25) is 0 Å². The highest BCUT2D eigenvalue weighted by Gasteiger charge is 2.31. The molecule has 0 radical (unpaired) electrons. The van der Waals surface area contributed by atoms with Gasteiger partial charge in [0.2, 0.25) is 0 Å². The summed E-state index contributed by atoms with van der Waals surface area (Å²) >= 11 is 0. The lowest BCUT2D eigenvalue weighted by atomic mass is 9.83. The van der Waals surface area contributed by atoms with E-state index in [-0.39, 0.29) is 18.2 Å². The van der Waals surface area contributed by atoms with Gasteiger partial charge in [-0.05, 0) is 13.0 Å². The fourth-order valence-electron chi connectivity index (χ4n) is 2.76. The van der Waals surface area contributed by atoms with E-state index in [4.69, 9.17) is 10.5 Å². The van der Waals surface area contributed by atoms with Gasteiger partial charge in [-0.3, -0.25) is 14.4 Å². The van der Waals surface area contributed by atoms with Crippen molar-refractivity contribution in [3.8, 4) is 0 Å². The van der Waals surface area contributed by atoms with Gasteiger partial charge < -0.3 is 15.8 Å². The smallest absolute Gasteiger partial charge is 0.322 e. The second-order valence-corrected chi connectivity index (χ2v) is 5.81. The summed E-state index contributed by atoms with van der Waals surface area (Å²) in [6, 6.07) is 11.2. The number of rotatable bonds is 5. The van der Waals surface area contributed by atoms with Gasteiger partial charge in [0, 0.05) is 28.9 Å². The van der Waals surface area contributed by atoms with Crippen molar-refractivity contribution >= 4 is 23.2 Å². The minimum Gasteiger partial charge on any atom is -0.463 e. The second kappa shape index (κ2) is 6.86. The molecular weight excluding hydrogens is 320 g/mol. The van der Waals surface area contributed by atoms with Crippen LogP contribution in [-0.4, -0.2) is 36.7 Å². The van der Waals surface area contributed by atoms with Gasteiger partial charge in [-0.2, -0.15) is 0 Å². The molecule has 3 rings (SSSR count). The molecule has 2 aromatic carbocycles. The molecule has 128 valence electrons. The fourth-order valence-corrected chi connectivity index (χ4v) is 2.76. The molecule has 1 atom stereocenters. The van der Waals surface area contributed by atoms with Crippen molar-refractivity contribution in [2.75, 3.05) is 18.5 Å². The van der Waals surface area contributed by atoms with E-state index in [0.29, 0.717) is 34.5 Å². The Bertz CT molecular complexity index is 858. The average molecular weight is 338 g/mol. The largest absolute Gasteiger partial charge is 0.463 e. The number of ketones is 2. The average Bonchev–Trinajstić information content (AvgIpc) is 2.62. The molecule has 6 heteroatoms. The normalized spacial score (nSPS) is 13.7. The van der Waals surface area contributed by atoms with E-state index < -0.39 is 12.0 Å². The maximum Gasteiger partial charge on any atom is 0.322 e. The maximum atomic E-state index is 12.8. The molecule has 1 aliphatic rings. The first-order valence-corrected chi connectivity index (χ1v) is 7.98. The third-order valence-electron chi connectivity index (χ3n) is 3.99. The quantitative estimate of drug-likeness (QED) is 0.543. The number of esters is 1. The van der Waals surface area contributed by atoms with E-state index in [1.165, 1.54) is 0 Å². The summed E-state index contributed by atoms with van der Waals surface area (Å²) in [5.41, 5.74) is 7.51. The zero-order valence-electron chi connectivity index (χ0n) is 13.7. The van der Waals surface area contributed by atoms with Crippen LogP contribution in [0.4, 0.5) is 5.69 Å². The lowest BCUT2D eigenvalue weighted by Gasteiger charge is -2.20. The van der Waals surface area contributed by atoms with Gasteiger partial charge in [0.15, 0.2) is 11.6 Å². The molecule has 0 saturated carbocycles. The van der Waals surface area contributed by atoms with E-state index in [0.717, 1.165) is 0 Å². The molecule has 0 spiro atoms. The molecule has 0 aliphatic heterocycles. The third kappa shape index (κ3) is 3.16. The highest BCUT2D eigenvalue weighted by Crippen LogP contribution is 2.31. The number of benzene rings is 2. The minimum atomic E-state index is -0.680. The zero-order chi connectivity index (χ0) is 18.0. The Hall–Kier alpha value is -2.99. The summed E-state index contributed by atoms with van der Waals surface area (Å²) in [5.74, 6) is -0.852. The number of ether oxygens (including phenoxy) is 1. The van der Waals surface area contributed by atoms with E-state index in [1.54, 1.807) is 49.4 Å². The Morgan fingerprint density at radius 3 is 2.36 bits per heavy atom. The molecule has 1 unspecified atom stereocenters. The zero-order valence-corrected chi connectivity index (χ0v) is 13.7. The van der Waals surface area contributed by atoms with Gasteiger partial charge in [-0.15, -0.1) is 0 Å². The van der Waals surface area contributed by atoms with Crippen LogP contribution in [0.3, 0.4) is 0 Å². The SMILES string of the molecule is CC(N)C(=O)OCCNc1cccc2c1C(=O)c1ccccc1C2=O. The summed E-state index contributed by atoms with van der Waals surface area (Å²) in [5, 5.41) is 3.06. The summed E-state index contributed by atoms with van der Waals surface area (Å²) in [7, 11) is 0. The molecule has 3 N–H and O–H groups in total. The molecular formula is C19H18N2O4. The molecule has 6 nitrogen and oxygen atoms in total. The van der Waals surface area contributed by atoms with E-state index in [9.17, 15) is 14.4 Å². The fraction of sp³-hybridized carbons (Fsp3) is 0.211. The summed E-state index contributed by atoms with van der Waals surface area (Å²) in [6.07, 6.45) is 0. The van der Waals surface area contributed by atoms with Crippen LogP contribution in [0.25, 0.3) is 0 Å². The lowest BCUT2D eigenvalue weighted by molar-refractivity contribution is -0.144. The summed E-state index contributed by atoms with van der Waals surface area (Å²) in [4.78, 5) is 36.8. The van der Waals surface area contributed by atoms with E-state index >= 15 is 0 Å². The lowest BCUT2D eigenvalue weighted by Crippen LogP contribution is -2.30. The molecule has 1 aliphatic carbocycles. The van der Waals surface area contributed by atoms with Crippen LogP contribution in [0.15, 0.2) is 42.5 Å². The standard InChI is InChI=1S/C19H18N2O4/c1-11(20)19(24)25-10-9-21-15-8-4-7-14-16(15)18(23)13-6-3-2-5-12(13)17(14)22/h2-8,11,21H,9-10,20H2,1H3. The van der Waals surface area contributed by atoms with Crippen molar-refractivity contribution in [2.45, 2.75) is 13.0 Å². The Balaban J connectivity index is 1.81. The number of hydrogen-bond acceptors (Lipinski definition) is 6. The summed E-state index contributed by atoms with van der Waals surface area (Å²) < 4.78 is 5.00. The van der Waals surface area contributed by atoms with Gasteiger partial charge >= 0.3 is 5.97 Å². The molecule has 25 heavy (non-hydrogen) atoms. The highest BCUT2D eigenvalue weighted by atomic mass is 16.5. The number of nitrogens with one attached hydrogen (secondary N) is 1. The molecule has 0 amide bonds. The van der Waals surface area contributed by atoms with E-state index in [2.05, 4.69) is 5.32 Å². The predicted octanol–water partition coefficient (Wildman–Crippen LogP) is 1.76. The Kier molecular flexibility index (Phi) is 4.63. The molecule has 2 aromatic rings. The number of carbonyl (C=O) groups is 3. The van der Waals surface area contributed by atoms with Crippen LogP contribution < -0.4 is 11.1 Å². The van der Waals surface area contributed by atoms with Crippen LogP contribution in [0, 0.1) is 0 Å². The van der Waals surface area contributed by atoms with E-state index in [1.807, 2.05) is 0 Å². The summed E-state index contributed by atoms with van der Waals surface area (Å²) in [6.45, 7) is 1.96. The number of carbonyl (C=O) groups excluding carboxylic acids is 3. The first kappa shape index (κ1) is 16.9. The predicted molar refractivity (Wildman–Crippen MR) is 92.8 cm³/mol. The third-order valence-corrected chi connectivity index (χ3v) is 3.99. The highest BCUT2D eigenvalue weighted by molar-refractivity contribution is 6.30. The number of hydrogen-bond donors (Lipinski definition) is 2. The van der Waals surface area contributed by atoms with Crippen LogP contribution in [0.5, 0.6) is 0 Å². The molecule has 0 heterocycles. The molecule has 0 bridgehead atoms. The van der Waals surface area contributed by atoms with Gasteiger partial charge in [0.25, 0.3) is 0 Å². The Morgan fingerprint density at radius 1 is 1.04 bits per heavy atom. The van der Waals surface area contributed by atoms with Gasteiger partial charge in [-0.25, -0.2) is 0 Å². The van der Waals surface area contributed by atoms with Crippen LogP contribution in [-0.2, 0) is 9.53 Å². The first-order valence-electron chi connectivity index (χ1n) is 7.98. The van der Waals surface area contributed by atoms with Crippen LogP contribution >= 0.6 is 0 Å².